The van der Waals surface area contributed by atoms with E-state index in [1.807, 2.05) is 35.7 Å². The molecule has 1 heterocycles. The van der Waals surface area contributed by atoms with E-state index in [-0.39, 0.29) is 0 Å². The molecule has 0 saturated carbocycles. The maximum atomic E-state index is 10.6. The van der Waals surface area contributed by atoms with Gasteiger partial charge in [-0.3, -0.25) is 4.79 Å². The van der Waals surface area contributed by atoms with Crippen LogP contribution < -0.4 is 0 Å². The monoisotopic (exact) mass is 265 g/mol. The van der Waals surface area contributed by atoms with Crippen LogP contribution in [0.2, 0.25) is 0 Å². The van der Waals surface area contributed by atoms with Gasteiger partial charge in [0.15, 0.2) is 11.3 Å². The summed E-state index contributed by atoms with van der Waals surface area (Å²) in [5, 5.41) is 2.42. The Morgan fingerprint density at radius 2 is 1.47 bits per heavy atom. The molecule has 0 spiro atoms. The van der Waals surface area contributed by atoms with Crippen LogP contribution in [0.15, 0.2) is 60.0 Å². The summed E-state index contributed by atoms with van der Waals surface area (Å²) in [6.07, 6.45) is 0.784. The van der Waals surface area contributed by atoms with Gasteiger partial charge in [-0.05, 0) is 11.1 Å². The van der Waals surface area contributed by atoms with Gasteiger partial charge in [-0.1, -0.05) is 54.6 Å². The number of aldehydes is 1. The molecule has 0 aliphatic heterocycles. The Morgan fingerprint density at radius 3 is 2.11 bits per heavy atom. The molecule has 0 unspecified atom stereocenters. The van der Waals surface area contributed by atoms with E-state index in [2.05, 4.69) is 29.2 Å². The van der Waals surface area contributed by atoms with Crippen LogP contribution in [-0.4, -0.2) is 11.3 Å². The number of nitrogens with zero attached hydrogens (tertiary/aromatic N) is 1. The average molecular weight is 265 g/mol. The molecule has 19 heavy (non-hydrogen) atoms. The van der Waals surface area contributed by atoms with Crippen molar-refractivity contribution in [3.63, 3.8) is 0 Å². The van der Waals surface area contributed by atoms with E-state index in [9.17, 15) is 4.79 Å². The number of aromatic nitrogens is 1. The predicted molar refractivity (Wildman–Crippen MR) is 78.4 cm³/mol. The quantitative estimate of drug-likeness (QED) is 0.661. The SMILES string of the molecule is O=Cc1nc(-c2ccc(-c3ccccc3)cc2)cs1. The third-order valence-electron chi connectivity index (χ3n) is 2.91. The lowest BCUT2D eigenvalue weighted by Crippen LogP contribution is -1.81. The van der Waals surface area contributed by atoms with Crippen LogP contribution in [0.1, 0.15) is 9.80 Å². The van der Waals surface area contributed by atoms with Gasteiger partial charge in [0.25, 0.3) is 0 Å². The van der Waals surface area contributed by atoms with Crippen LogP contribution in [0.4, 0.5) is 0 Å². The number of thiazole rings is 1. The minimum Gasteiger partial charge on any atom is -0.295 e. The smallest absolute Gasteiger partial charge is 0.178 e. The minimum absolute atomic E-state index is 0.516. The molecule has 3 aromatic rings. The summed E-state index contributed by atoms with van der Waals surface area (Å²) in [6, 6.07) is 18.5. The Kier molecular flexibility index (Phi) is 3.21. The van der Waals surface area contributed by atoms with Crippen molar-refractivity contribution < 1.29 is 4.79 Å². The van der Waals surface area contributed by atoms with Crippen molar-refractivity contribution in [1.29, 1.82) is 0 Å². The van der Waals surface area contributed by atoms with E-state index in [0.29, 0.717) is 5.01 Å². The van der Waals surface area contributed by atoms with Crippen LogP contribution in [0.3, 0.4) is 0 Å². The van der Waals surface area contributed by atoms with Crippen LogP contribution in [0.5, 0.6) is 0 Å². The number of rotatable bonds is 3. The van der Waals surface area contributed by atoms with Gasteiger partial charge in [0.1, 0.15) is 0 Å². The van der Waals surface area contributed by atoms with Gasteiger partial charge < -0.3 is 0 Å². The Bertz CT molecular complexity index is 686. The van der Waals surface area contributed by atoms with E-state index in [0.717, 1.165) is 17.5 Å². The Labute approximate surface area is 115 Å². The molecule has 2 aromatic carbocycles. The van der Waals surface area contributed by atoms with Crippen molar-refractivity contribution in [2.45, 2.75) is 0 Å². The summed E-state index contributed by atoms with van der Waals surface area (Å²) in [5.41, 5.74) is 4.26. The van der Waals surface area contributed by atoms with E-state index in [1.165, 1.54) is 22.5 Å². The third-order valence-corrected chi connectivity index (χ3v) is 3.68. The highest BCUT2D eigenvalue weighted by molar-refractivity contribution is 7.11. The third kappa shape index (κ3) is 2.46. The highest BCUT2D eigenvalue weighted by atomic mass is 32.1. The summed E-state index contributed by atoms with van der Waals surface area (Å²) in [5.74, 6) is 0. The van der Waals surface area contributed by atoms with E-state index < -0.39 is 0 Å². The molecular formula is C16H11NOS. The molecule has 0 amide bonds. The molecule has 3 rings (SSSR count). The standard InChI is InChI=1S/C16H11NOS/c18-10-16-17-15(11-19-16)14-8-6-13(7-9-14)12-4-2-1-3-5-12/h1-11H. The fourth-order valence-electron chi connectivity index (χ4n) is 1.94. The molecule has 92 valence electrons. The highest BCUT2D eigenvalue weighted by Crippen LogP contribution is 2.25. The number of benzene rings is 2. The van der Waals surface area contributed by atoms with Crippen LogP contribution >= 0.6 is 11.3 Å². The number of hydrogen-bond acceptors (Lipinski definition) is 3. The number of hydrogen-bond donors (Lipinski definition) is 0. The van der Waals surface area contributed by atoms with Crippen molar-refractivity contribution in [3.8, 4) is 22.4 Å². The summed E-state index contributed by atoms with van der Waals surface area (Å²) in [4.78, 5) is 14.9. The summed E-state index contributed by atoms with van der Waals surface area (Å²) in [6.45, 7) is 0. The van der Waals surface area contributed by atoms with Gasteiger partial charge in [-0.25, -0.2) is 4.98 Å². The van der Waals surface area contributed by atoms with Crippen molar-refractivity contribution in [2.75, 3.05) is 0 Å². The zero-order valence-electron chi connectivity index (χ0n) is 10.1. The van der Waals surface area contributed by atoms with Crippen molar-refractivity contribution in [2.24, 2.45) is 0 Å². The molecule has 0 atom stereocenters. The summed E-state index contributed by atoms with van der Waals surface area (Å²) < 4.78 is 0. The zero-order chi connectivity index (χ0) is 13.1. The second kappa shape index (κ2) is 5.16. The Hall–Kier alpha value is -2.26. The molecule has 0 radical (unpaired) electrons. The fourth-order valence-corrected chi connectivity index (χ4v) is 2.57. The minimum atomic E-state index is 0.516. The molecule has 0 fully saturated rings. The van der Waals surface area contributed by atoms with Gasteiger partial charge in [0.05, 0.1) is 5.69 Å². The fraction of sp³-hybridized carbons (Fsp3) is 0. The topological polar surface area (TPSA) is 30.0 Å². The zero-order valence-corrected chi connectivity index (χ0v) is 10.9. The van der Waals surface area contributed by atoms with Gasteiger partial charge >= 0.3 is 0 Å². The van der Waals surface area contributed by atoms with E-state index in [1.54, 1.807) is 0 Å². The first-order valence-electron chi connectivity index (χ1n) is 5.93. The lowest BCUT2D eigenvalue weighted by Gasteiger charge is -2.02. The van der Waals surface area contributed by atoms with Crippen molar-refractivity contribution in [1.82, 2.24) is 4.98 Å². The first kappa shape index (κ1) is 11.8. The maximum Gasteiger partial charge on any atom is 0.178 e. The summed E-state index contributed by atoms with van der Waals surface area (Å²) in [7, 11) is 0. The van der Waals surface area contributed by atoms with Crippen LogP contribution in [0, 0.1) is 0 Å². The molecule has 0 N–H and O–H groups in total. The van der Waals surface area contributed by atoms with E-state index >= 15 is 0 Å². The molecule has 3 heteroatoms. The molecular weight excluding hydrogens is 254 g/mol. The van der Waals surface area contributed by atoms with Crippen LogP contribution in [-0.2, 0) is 0 Å². The second-order valence-corrected chi connectivity index (χ2v) is 5.02. The van der Waals surface area contributed by atoms with Crippen molar-refractivity contribution >= 4 is 17.6 Å². The Morgan fingerprint density at radius 1 is 0.842 bits per heavy atom. The molecule has 0 bridgehead atoms. The normalized spacial score (nSPS) is 10.3. The predicted octanol–water partition coefficient (Wildman–Crippen LogP) is 4.29. The van der Waals surface area contributed by atoms with Crippen LogP contribution in [0.25, 0.3) is 22.4 Å². The second-order valence-electron chi connectivity index (χ2n) is 4.13. The van der Waals surface area contributed by atoms with Crippen molar-refractivity contribution in [3.05, 3.63) is 65.0 Å². The molecule has 0 aliphatic rings. The first-order valence-corrected chi connectivity index (χ1v) is 6.81. The van der Waals surface area contributed by atoms with Gasteiger partial charge in [-0.15, -0.1) is 11.3 Å². The largest absolute Gasteiger partial charge is 0.295 e. The maximum absolute atomic E-state index is 10.6. The Balaban J connectivity index is 1.92. The molecule has 0 aliphatic carbocycles. The average Bonchev–Trinajstić information content (AvgIpc) is 2.97. The highest BCUT2D eigenvalue weighted by Gasteiger charge is 2.04. The van der Waals surface area contributed by atoms with Gasteiger partial charge in [-0.2, -0.15) is 0 Å². The molecule has 2 nitrogen and oxygen atoms in total. The number of carbonyl (C=O) groups is 1. The summed E-state index contributed by atoms with van der Waals surface area (Å²) >= 11 is 1.37. The lowest BCUT2D eigenvalue weighted by atomic mass is 10.0. The van der Waals surface area contributed by atoms with E-state index in [4.69, 9.17) is 0 Å². The molecule has 0 saturated heterocycles. The first-order chi connectivity index (χ1) is 9.36. The number of carbonyl (C=O) groups excluding carboxylic acids is 1. The lowest BCUT2D eigenvalue weighted by molar-refractivity contribution is 0.112. The van der Waals surface area contributed by atoms with Gasteiger partial charge in [0.2, 0.25) is 0 Å². The van der Waals surface area contributed by atoms with Gasteiger partial charge in [0, 0.05) is 10.9 Å². The molecule has 1 aromatic heterocycles.